The zero-order valence-electron chi connectivity index (χ0n) is 10.3. The van der Waals surface area contributed by atoms with Gasteiger partial charge in [0.25, 0.3) is 0 Å². The molecule has 0 unspecified atom stereocenters. The van der Waals surface area contributed by atoms with Crippen LogP contribution in [0.25, 0.3) is 0 Å². The van der Waals surface area contributed by atoms with E-state index in [1.54, 1.807) is 0 Å². The Balaban J connectivity index is 3.55. The van der Waals surface area contributed by atoms with Gasteiger partial charge in [0.2, 0.25) is 0 Å². The third-order valence-electron chi connectivity index (χ3n) is 2.52. The maximum Gasteiger partial charge on any atom is 0.323 e. The maximum atomic E-state index is 11.3. The van der Waals surface area contributed by atoms with Crippen molar-refractivity contribution >= 4 is 5.97 Å². The Morgan fingerprint density at radius 2 is 1.93 bits per heavy atom. The van der Waals surface area contributed by atoms with Gasteiger partial charge in [-0.15, -0.1) is 0 Å². The number of rotatable bonds is 8. The minimum absolute atomic E-state index is 0.00644. The lowest BCUT2D eigenvalue weighted by atomic mass is 10.1. The smallest absolute Gasteiger partial charge is 0.323 e. The van der Waals surface area contributed by atoms with E-state index in [0.717, 1.165) is 12.8 Å². The summed E-state index contributed by atoms with van der Waals surface area (Å²) < 4.78 is 5.22. The van der Waals surface area contributed by atoms with E-state index >= 15 is 0 Å². The highest BCUT2D eigenvalue weighted by molar-refractivity contribution is 5.75. The van der Waals surface area contributed by atoms with Crippen molar-refractivity contribution in [2.45, 2.75) is 71.4 Å². The summed E-state index contributed by atoms with van der Waals surface area (Å²) in [5, 5.41) is 0. The summed E-state index contributed by atoms with van der Waals surface area (Å²) in [6.45, 7) is 6.01. The second-order valence-electron chi connectivity index (χ2n) is 4.11. The molecule has 0 rings (SSSR count). The van der Waals surface area contributed by atoms with Gasteiger partial charge in [-0.2, -0.15) is 0 Å². The molecule has 0 aromatic carbocycles. The molecule has 2 N–H and O–H groups in total. The van der Waals surface area contributed by atoms with Crippen LogP contribution in [0, 0.1) is 0 Å². The molecular weight excluding hydrogens is 190 g/mol. The Morgan fingerprint density at radius 3 is 2.47 bits per heavy atom. The van der Waals surface area contributed by atoms with Crippen molar-refractivity contribution in [3.05, 3.63) is 0 Å². The van der Waals surface area contributed by atoms with Crippen molar-refractivity contribution in [3.63, 3.8) is 0 Å². The topological polar surface area (TPSA) is 52.3 Å². The van der Waals surface area contributed by atoms with Gasteiger partial charge in [0.15, 0.2) is 0 Å². The third kappa shape index (κ3) is 7.37. The first-order valence-electron chi connectivity index (χ1n) is 6.07. The SMILES string of the molecule is CCCCCC[C@@H](C)OC(=O)[C@H](N)CC. The molecule has 0 spiro atoms. The molecule has 0 saturated carbocycles. The van der Waals surface area contributed by atoms with E-state index in [0.29, 0.717) is 6.42 Å². The molecule has 0 bridgehead atoms. The predicted octanol–water partition coefficient (Wildman–Crippen LogP) is 2.63. The number of unbranched alkanes of at least 4 members (excludes halogenated alkanes) is 3. The molecule has 0 aliphatic heterocycles. The lowest BCUT2D eigenvalue weighted by Crippen LogP contribution is -2.33. The third-order valence-corrected chi connectivity index (χ3v) is 2.52. The van der Waals surface area contributed by atoms with Crippen molar-refractivity contribution in [1.82, 2.24) is 0 Å². The molecule has 0 aliphatic rings. The predicted molar refractivity (Wildman–Crippen MR) is 62.6 cm³/mol. The summed E-state index contributed by atoms with van der Waals surface area (Å²) >= 11 is 0. The Bertz CT molecular complexity index is 171. The quantitative estimate of drug-likeness (QED) is 0.500. The summed E-state index contributed by atoms with van der Waals surface area (Å²) in [7, 11) is 0. The Labute approximate surface area is 93.4 Å². The molecular formula is C12H25NO2. The molecule has 0 heterocycles. The number of carbonyl (C=O) groups excluding carboxylic acids is 1. The average Bonchev–Trinajstić information content (AvgIpc) is 2.23. The van der Waals surface area contributed by atoms with Crippen LogP contribution in [0.4, 0.5) is 0 Å². The highest BCUT2D eigenvalue weighted by Gasteiger charge is 2.15. The number of ether oxygens (including phenoxy) is 1. The molecule has 0 saturated heterocycles. The second-order valence-corrected chi connectivity index (χ2v) is 4.11. The Kier molecular flexibility index (Phi) is 8.38. The van der Waals surface area contributed by atoms with Crippen LogP contribution in [0.3, 0.4) is 0 Å². The van der Waals surface area contributed by atoms with Crippen LogP contribution in [0.1, 0.15) is 59.3 Å². The van der Waals surface area contributed by atoms with E-state index < -0.39 is 6.04 Å². The summed E-state index contributed by atoms with van der Waals surface area (Å²) in [6.07, 6.45) is 6.43. The minimum Gasteiger partial charge on any atom is -0.462 e. The van der Waals surface area contributed by atoms with Gasteiger partial charge in [0.05, 0.1) is 6.10 Å². The summed E-state index contributed by atoms with van der Waals surface area (Å²) in [5.41, 5.74) is 5.57. The van der Waals surface area contributed by atoms with Crippen LogP contribution in [0.15, 0.2) is 0 Å². The highest BCUT2D eigenvalue weighted by atomic mass is 16.5. The minimum atomic E-state index is -0.455. The lowest BCUT2D eigenvalue weighted by Gasteiger charge is -2.15. The molecule has 0 radical (unpaired) electrons. The van der Waals surface area contributed by atoms with Gasteiger partial charge < -0.3 is 10.5 Å². The number of nitrogens with two attached hydrogens (primary N) is 1. The van der Waals surface area contributed by atoms with Crippen LogP contribution < -0.4 is 5.73 Å². The molecule has 0 aromatic rings. The zero-order valence-corrected chi connectivity index (χ0v) is 10.3. The molecule has 15 heavy (non-hydrogen) atoms. The van der Waals surface area contributed by atoms with Crippen LogP contribution in [0.2, 0.25) is 0 Å². The average molecular weight is 215 g/mol. The van der Waals surface area contributed by atoms with Crippen LogP contribution in [-0.4, -0.2) is 18.1 Å². The summed E-state index contributed by atoms with van der Waals surface area (Å²) in [6, 6.07) is -0.455. The van der Waals surface area contributed by atoms with E-state index in [2.05, 4.69) is 6.92 Å². The number of hydrogen-bond donors (Lipinski definition) is 1. The van der Waals surface area contributed by atoms with E-state index in [-0.39, 0.29) is 12.1 Å². The Hall–Kier alpha value is -0.570. The number of carbonyl (C=O) groups is 1. The molecule has 3 nitrogen and oxygen atoms in total. The lowest BCUT2D eigenvalue weighted by molar-refractivity contribution is -0.150. The van der Waals surface area contributed by atoms with E-state index in [1.165, 1.54) is 19.3 Å². The fourth-order valence-electron chi connectivity index (χ4n) is 1.37. The molecule has 90 valence electrons. The van der Waals surface area contributed by atoms with E-state index in [1.807, 2.05) is 13.8 Å². The first-order chi connectivity index (χ1) is 7.11. The first kappa shape index (κ1) is 14.4. The molecule has 0 amide bonds. The largest absolute Gasteiger partial charge is 0.462 e. The molecule has 0 aromatic heterocycles. The van der Waals surface area contributed by atoms with Crippen molar-refractivity contribution in [1.29, 1.82) is 0 Å². The van der Waals surface area contributed by atoms with E-state index in [9.17, 15) is 4.79 Å². The number of hydrogen-bond acceptors (Lipinski definition) is 3. The zero-order chi connectivity index (χ0) is 11.7. The van der Waals surface area contributed by atoms with Gasteiger partial charge in [-0.25, -0.2) is 0 Å². The Morgan fingerprint density at radius 1 is 1.27 bits per heavy atom. The normalized spacial score (nSPS) is 14.7. The van der Waals surface area contributed by atoms with Gasteiger partial charge in [0, 0.05) is 0 Å². The van der Waals surface area contributed by atoms with Gasteiger partial charge in [-0.05, 0) is 26.2 Å². The van der Waals surface area contributed by atoms with Gasteiger partial charge >= 0.3 is 5.97 Å². The fourth-order valence-corrected chi connectivity index (χ4v) is 1.37. The molecule has 3 heteroatoms. The van der Waals surface area contributed by atoms with Crippen molar-refractivity contribution in [2.24, 2.45) is 5.73 Å². The summed E-state index contributed by atoms with van der Waals surface area (Å²) in [4.78, 5) is 11.3. The van der Waals surface area contributed by atoms with Crippen LogP contribution in [0.5, 0.6) is 0 Å². The number of esters is 1. The van der Waals surface area contributed by atoms with Crippen LogP contribution in [-0.2, 0) is 9.53 Å². The van der Waals surface area contributed by atoms with Crippen molar-refractivity contribution in [3.8, 4) is 0 Å². The molecule has 2 atom stereocenters. The second kappa shape index (κ2) is 8.72. The first-order valence-corrected chi connectivity index (χ1v) is 6.07. The van der Waals surface area contributed by atoms with E-state index in [4.69, 9.17) is 10.5 Å². The standard InChI is InChI=1S/C12H25NO2/c1-4-6-7-8-9-10(3)15-12(14)11(13)5-2/h10-11H,4-9,13H2,1-3H3/t10-,11-/m1/s1. The van der Waals surface area contributed by atoms with Gasteiger partial charge in [-0.1, -0.05) is 33.1 Å². The van der Waals surface area contributed by atoms with Gasteiger partial charge in [0.1, 0.15) is 6.04 Å². The summed E-state index contributed by atoms with van der Waals surface area (Å²) in [5.74, 6) is -0.263. The van der Waals surface area contributed by atoms with Gasteiger partial charge in [-0.3, -0.25) is 4.79 Å². The van der Waals surface area contributed by atoms with Crippen LogP contribution >= 0.6 is 0 Å². The highest BCUT2D eigenvalue weighted by Crippen LogP contribution is 2.08. The van der Waals surface area contributed by atoms with Crippen molar-refractivity contribution in [2.75, 3.05) is 0 Å². The monoisotopic (exact) mass is 215 g/mol. The fraction of sp³-hybridized carbons (Fsp3) is 0.917. The molecule has 0 fully saturated rings. The van der Waals surface area contributed by atoms with Crippen molar-refractivity contribution < 1.29 is 9.53 Å². The molecule has 0 aliphatic carbocycles. The maximum absolute atomic E-state index is 11.3.